The van der Waals surface area contributed by atoms with Gasteiger partial charge in [-0.25, -0.2) is 0 Å². The van der Waals surface area contributed by atoms with E-state index < -0.39 is 0 Å². The SMILES string of the molecule is C=CCOCC=C(C(=O)C/C=C/C=C(O)\C(O)=C/CC)c1ccccn1.CC. The van der Waals surface area contributed by atoms with Crippen LogP contribution in [0.5, 0.6) is 0 Å². The van der Waals surface area contributed by atoms with E-state index in [1.807, 2.05) is 26.8 Å². The van der Waals surface area contributed by atoms with E-state index in [1.165, 1.54) is 18.2 Å². The van der Waals surface area contributed by atoms with Gasteiger partial charge in [-0.1, -0.05) is 45.1 Å². The first kappa shape index (κ1) is 25.1. The highest BCUT2D eigenvalue weighted by molar-refractivity contribution is 6.20. The number of hydrogen-bond donors (Lipinski definition) is 2. The molecule has 0 aliphatic rings. The second kappa shape index (κ2) is 16.3. The summed E-state index contributed by atoms with van der Waals surface area (Å²) in [5, 5.41) is 19.1. The fourth-order valence-electron chi connectivity index (χ4n) is 2.00. The van der Waals surface area contributed by atoms with Gasteiger partial charge >= 0.3 is 0 Å². The van der Waals surface area contributed by atoms with Crippen LogP contribution in [-0.4, -0.2) is 34.2 Å². The van der Waals surface area contributed by atoms with Crippen LogP contribution < -0.4 is 0 Å². The molecule has 0 aromatic carbocycles. The fraction of sp³-hybridized carbons (Fsp3) is 0.304. The number of nitrogens with zero attached hydrogens (tertiary/aromatic N) is 1. The molecule has 0 atom stereocenters. The lowest BCUT2D eigenvalue weighted by atomic mass is 10.0. The molecule has 152 valence electrons. The lowest BCUT2D eigenvalue weighted by molar-refractivity contribution is -0.113. The molecule has 0 radical (unpaired) electrons. The minimum Gasteiger partial charge on any atom is -0.504 e. The fourth-order valence-corrected chi connectivity index (χ4v) is 2.00. The number of ether oxygens (including phenoxy) is 1. The van der Waals surface area contributed by atoms with E-state index >= 15 is 0 Å². The number of aromatic nitrogens is 1. The largest absolute Gasteiger partial charge is 0.504 e. The number of aliphatic hydroxyl groups excluding tert-OH is 2. The zero-order valence-corrected chi connectivity index (χ0v) is 17.0. The standard InChI is InChI=1S/C21H25NO4.C2H6/c1-3-9-20(24)21(25)12-6-5-11-19(23)17(13-16-26-15-4-2)18-10-7-8-14-22-18;1-2/h4-10,12-14,24-25H,2-3,11,15-16H2,1H3;1-2H3/b6-5+,17-13?,20-9+,21-12+;. The number of carbonyl (C=O) groups is 1. The molecule has 0 spiro atoms. The van der Waals surface area contributed by atoms with Gasteiger partial charge in [0, 0.05) is 18.2 Å². The molecule has 0 aliphatic heterocycles. The van der Waals surface area contributed by atoms with Gasteiger partial charge in [-0.2, -0.15) is 0 Å². The number of rotatable bonds is 11. The van der Waals surface area contributed by atoms with Gasteiger partial charge in [-0.15, -0.1) is 6.58 Å². The molecule has 1 rings (SSSR count). The molecular weight excluding hydrogens is 354 g/mol. The Morgan fingerprint density at radius 2 is 1.93 bits per heavy atom. The van der Waals surface area contributed by atoms with Crippen LogP contribution in [0.4, 0.5) is 0 Å². The molecule has 28 heavy (non-hydrogen) atoms. The molecule has 1 aromatic heterocycles. The summed E-state index contributed by atoms with van der Waals surface area (Å²) < 4.78 is 5.32. The maximum atomic E-state index is 12.5. The highest BCUT2D eigenvalue weighted by Crippen LogP contribution is 2.15. The van der Waals surface area contributed by atoms with Crippen molar-refractivity contribution in [3.05, 3.63) is 84.6 Å². The highest BCUT2D eigenvalue weighted by atomic mass is 16.5. The minimum absolute atomic E-state index is 0.122. The molecule has 0 unspecified atom stereocenters. The number of ketones is 1. The second-order valence-corrected chi connectivity index (χ2v) is 5.26. The number of carbonyl (C=O) groups excluding carboxylic acids is 1. The number of Topliss-reactive ketones (excluding diaryl/α,β-unsaturated/α-hetero) is 1. The summed E-state index contributed by atoms with van der Waals surface area (Å²) in [5.41, 5.74) is 1.05. The minimum atomic E-state index is -0.242. The van der Waals surface area contributed by atoms with Crippen molar-refractivity contribution < 1.29 is 19.7 Å². The van der Waals surface area contributed by atoms with Gasteiger partial charge in [0.2, 0.25) is 0 Å². The summed E-state index contributed by atoms with van der Waals surface area (Å²) in [4.78, 5) is 16.7. The van der Waals surface area contributed by atoms with Crippen LogP contribution >= 0.6 is 0 Å². The number of hydrogen-bond acceptors (Lipinski definition) is 5. The predicted molar refractivity (Wildman–Crippen MR) is 115 cm³/mol. The molecule has 0 saturated heterocycles. The van der Waals surface area contributed by atoms with E-state index in [4.69, 9.17) is 4.74 Å². The molecule has 5 heteroatoms. The summed E-state index contributed by atoms with van der Waals surface area (Å²) in [6.07, 6.45) is 11.7. The second-order valence-electron chi connectivity index (χ2n) is 5.26. The number of aliphatic hydroxyl groups is 2. The predicted octanol–water partition coefficient (Wildman–Crippen LogP) is 5.50. The van der Waals surface area contributed by atoms with Crippen LogP contribution in [0.25, 0.3) is 5.57 Å². The monoisotopic (exact) mass is 385 g/mol. The zero-order valence-electron chi connectivity index (χ0n) is 17.0. The Balaban J connectivity index is 0.00000352. The summed E-state index contributed by atoms with van der Waals surface area (Å²) in [6.45, 7) is 10.1. The average Bonchev–Trinajstić information content (AvgIpc) is 2.73. The van der Waals surface area contributed by atoms with Gasteiger partial charge in [0.05, 0.1) is 18.9 Å². The lowest BCUT2D eigenvalue weighted by Crippen LogP contribution is -2.04. The van der Waals surface area contributed by atoms with Crippen LogP contribution in [0.3, 0.4) is 0 Å². The van der Waals surface area contributed by atoms with Crippen LogP contribution in [0.2, 0.25) is 0 Å². The van der Waals surface area contributed by atoms with Crippen molar-refractivity contribution in [1.29, 1.82) is 0 Å². The number of pyridine rings is 1. The lowest BCUT2D eigenvalue weighted by Gasteiger charge is -2.05. The van der Waals surface area contributed by atoms with Gasteiger partial charge in [0.15, 0.2) is 17.3 Å². The first-order valence-corrected chi connectivity index (χ1v) is 9.38. The summed E-state index contributed by atoms with van der Waals surface area (Å²) in [5.74, 6) is -0.547. The molecule has 5 nitrogen and oxygen atoms in total. The van der Waals surface area contributed by atoms with Gasteiger partial charge in [0.25, 0.3) is 0 Å². The van der Waals surface area contributed by atoms with E-state index in [0.29, 0.717) is 24.3 Å². The molecule has 2 N–H and O–H groups in total. The number of allylic oxidation sites excluding steroid dienone is 5. The first-order valence-electron chi connectivity index (χ1n) is 9.38. The quantitative estimate of drug-likeness (QED) is 0.173. The Hall–Kier alpha value is -2.92. The summed E-state index contributed by atoms with van der Waals surface area (Å²) >= 11 is 0. The van der Waals surface area contributed by atoms with Crippen LogP contribution in [0.15, 0.2) is 78.9 Å². The van der Waals surface area contributed by atoms with Crippen molar-refractivity contribution in [2.24, 2.45) is 0 Å². The Morgan fingerprint density at radius 3 is 2.54 bits per heavy atom. The Labute approximate surface area is 168 Å². The molecule has 1 heterocycles. The third kappa shape index (κ3) is 10.3. The van der Waals surface area contributed by atoms with Crippen molar-refractivity contribution in [2.45, 2.75) is 33.6 Å². The molecule has 0 aliphatic carbocycles. The summed E-state index contributed by atoms with van der Waals surface area (Å²) in [7, 11) is 0. The maximum Gasteiger partial charge on any atom is 0.168 e. The molecule has 1 aromatic rings. The molecule has 0 amide bonds. The van der Waals surface area contributed by atoms with E-state index in [2.05, 4.69) is 11.6 Å². The third-order valence-corrected chi connectivity index (χ3v) is 3.24. The van der Waals surface area contributed by atoms with Gasteiger partial charge < -0.3 is 14.9 Å². The van der Waals surface area contributed by atoms with Crippen molar-refractivity contribution in [3.63, 3.8) is 0 Å². The highest BCUT2D eigenvalue weighted by Gasteiger charge is 2.11. The van der Waals surface area contributed by atoms with E-state index in [-0.39, 0.29) is 30.3 Å². The maximum absolute atomic E-state index is 12.5. The van der Waals surface area contributed by atoms with Crippen molar-refractivity contribution in [2.75, 3.05) is 13.2 Å². The third-order valence-electron chi connectivity index (χ3n) is 3.24. The normalized spacial score (nSPS) is 12.5. The molecule has 0 saturated carbocycles. The van der Waals surface area contributed by atoms with E-state index in [0.717, 1.165) is 0 Å². The molecule has 0 bridgehead atoms. The van der Waals surface area contributed by atoms with Crippen LogP contribution in [0.1, 0.15) is 39.3 Å². The van der Waals surface area contributed by atoms with E-state index in [1.54, 1.807) is 36.6 Å². The zero-order chi connectivity index (χ0) is 21.2. The van der Waals surface area contributed by atoms with Gasteiger partial charge in [-0.05, 0) is 36.8 Å². The van der Waals surface area contributed by atoms with Crippen molar-refractivity contribution in [1.82, 2.24) is 4.98 Å². The van der Waals surface area contributed by atoms with Gasteiger partial charge in [-0.3, -0.25) is 9.78 Å². The van der Waals surface area contributed by atoms with Crippen molar-refractivity contribution >= 4 is 11.4 Å². The first-order chi connectivity index (χ1) is 13.6. The Morgan fingerprint density at radius 1 is 1.18 bits per heavy atom. The van der Waals surface area contributed by atoms with Gasteiger partial charge in [0.1, 0.15) is 0 Å². The van der Waals surface area contributed by atoms with Crippen LogP contribution in [-0.2, 0) is 9.53 Å². The Kier molecular flexibility index (Phi) is 14.6. The van der Waals surface area contributed by atoms with Crippen LogP contribution in [0, 0.1) is 0 Å². The molecule has 0 fully saturated rings. The average molecular weight is 386 g/mol. The van der Waals surface area contributed by atoms with E-state index in [9.17, 15) is 15.0 Å². The summed E-state index contributed by atoms with van der Waals surface area (Å²) in [6, 6.07) is 5.36. The Bertz CT molecular complexity index is 701. The molecular formula is C23H31NO4. The smallest absolute Gasteiger partial charge is 0.168 e. The topological polar surface area (TPSA) is 79.7 Å². The van der Waals surface area contributed by atoms with Crippen molar-refractivity contribution in [3.8, 4) is 0 Å².